The number of aromatic amines is 1. The van der Waals surface area contributed by atoms with Gasteiger partial charge >= 0.3 is 0 Å². The number of hydrogen-bond acceptors (Lipinski definition) is 9. The van der Waals surface area contributed by atoms with Gasteiger partial charge in [0.25, 0.3) is 0 Å². The molecule has 3 aliphatic heterocycles. The number of ketones is 1. The Hall–Kier alpha value is -3.24. The van der Waals surface area contributed by atoms with Crippen molar-refractivity contribution < 1.29 is 13.9 Å². The molecule has 3 atom stereocenters. The van der Waals surface area contributed by atoms with Crippen LogP contribution in [0.25, 0.3) is 0 Å². The number of H-pyrrole nitrogens is 1. The number of nitrogens with one attached hydrogen (secondary N) is 4. The summed E-state index contributed by atoms with van der Waals surface area (Å²) in [5.41, 5.74) is 2.51. The number of Topliss-reactive ketones (excluding diaryl/α,β-unsaturated/α-hetero) is 1. The third-order valence-electron chi connectivity index (χ3n) is 5.80. The Kier molecular flexibility index (Phi) is 4.29. The number of methoxy groups -OCH3 is 1. The van der Waals surface area contributed by atoms with Crippen LogP contribution in [0, 0.1) is 0 Å². The summed E-state index contributed by atoms with van der Waals surface area (Å²) in [7, 11) is 1.66. The first-order valence-electron chi connectivity index (χ1n) is 10.0. The van der Waals surface area contributed by atoms with E-state index in [4.69, 9.17) is 14.1 Å². The first kappa shape index (κ1) is 18.5. The van der Waals surface area contributed by atoms with Gasteiger partial charge in [0.05, 0.1) is 37.9 Å². The van der Waals surface area contributed by atoms with Gasteiger partial charge in [0.1, 0.15) is 17.3 Å². The van der Waals surface area contributed by atoms with Crippen molar-refractivity contribution in [2.75, 3.05) is 25.5 Å². The maximum absolute atomic E-state index is 12.7. The zero-order valence-electron chi connectivity index (χ0n) is 16.6. The molecule has 0 saturated heterocycles. The lowest BCUT2D eigenvalue weighted by Crippen LogP contribution is -2.39. The van der Waals surface area contributed by atoms with E-state index in [0.29, 0.717) is 23.9 Å². The lowest BCUT2D eigenvalue weighted by Gasteiger charge is -2.30. The number of rotatable bonds is 3. The monoisotopic (exact) mass is 436 g/mol. The highest BCUT2D eigenvalue weighted by Crippen LogP contribution is 2.43. The molecular formula is C21H20N6O3S. The number of hydrogen-bond donors (Lipinski definition) is 4. The molecular weight excluding hydrogens is 416 g/mol. The van der Waals surface area contributed by atoms with Crippen LogP contribution in [0.15, 0.2) is 68.1 Å². The fourth-order valence-electron chi connectivity index (χ4n) is 4.36. The van der Waals surface area contributed by atoms with Gasteiger partial charge in [-0.2, -0.15) is 5.10 Å². The van der Waals surface area contributed by atoms with Gasteiger partial charge in [-0.3, -0.25) is 14.9 Å². The number of aliphatic imine (C=N–C) groups is 1. The standard InChI is InChI=1S/C21H20N6O3S/c1-29-10-2-3-12-13(6-10)26-21(25-12)31-17-5-4-16(30-17)18-11-7-23-27-20(11)24-14-8-22-9-15(28)19(14)18/h2-7,12-13,18,22H,8-9H2,1H3,(H,25,26)(H2,23,24,27). The molecule has 0 radical (unpaired) electrons. The Morgan fingerprint density at radius 3 is 3.13 bits per heavy atom. The maximum atomic E-state index is 12.7. The SMILES string of the molecule is COC1=CC2NC(Sc3ccc(C4C5=C(CNCC5=O)Nc5[nH]ncc54)o3)=NC2C=C1. The summed E-state index contributed by atoms with van der Waals surface area (Å²) in [6, 6.07) is 3.98. The van der Waals surface area contributed by atoms with Crippen molar-refractivity contribution in [1.29, 1.82) is 0 Å². The van der Waals surface area contributed by atoms with E-state index in [1.54, 1.807) is 13.3 Å². The number of allylic oxidation sites excluding steroid dienone is 1. The molecule has 31 heavy (non-hydrogen) atoms. The fraction of sp³-hybridized carbons (Fsp3) is 0.286. The van der Waals surface area contributed by atoms with Crippen LogP contribution in [0.1, 0.15) is 17.2 Å². The first-order chi connectivity index (χ1) is 15.2. The number of thioether (sulfide) groups is 1. The zero-order valence-corrected chi connectivity index (χ0v) is 17.5. The van der Waals surface area contributed by atoms with Gasteiger partial charge in [-0.1, -0.05) is 6.08 Å². The Bertz CT molecular complexity index is 1190. The number of amidine groups is 1. The predicted octanol–water partition coefficient (Wildman–Crippen LogP) is 1.88. The molecule has 4 aliphatic rings. The van der Waals surface area contributed by atoms with E-state index in [-0.39, 0.29) is 23.8 Å². The molecule has 9 nitrogen and oxygen atoms in total. The summed E-state index contributed by atoms with van der Waals surface area (Å²) in [4.78, 5) is 17.5. The molecule has 0 aromatic carbocycles. The second-order valence-corrected chi connectivity index (χ2v) is 8.66. The Morgan fingerprint density at radius 2 is 2.23 bits per heavy atom. The molecule has 3 unspecified atom stereocenters. The van der Waals surface area contributed by atoms with E-state index < -0.39 is 0 Å². The molecule has 0 saturated carbocycles. The minimum absolute atomic E-state index is 0.0498. The zero-order chi connectivity index (χ0) is 20.9. The quantitative estimate of drug-likeness (QED) is 0.576. The van der Waals surface area contributed by atoms with Gasteiger partial charge < -0.3 is 25.1 Å². The highest BCUT2D eigenvalue weighted by Gasteiger charge is 2.38. The van der Waals surface area contributed by atoms with Crippen LogP contribution in [-0.4, -0.2) is 53.4 Å². The lowest BCUT2D eigenvalue weighted by atomic mass is 9.82. The molecule has 158 valence electrons. The van der Waals surface area contributed by atoms with Crippen LogP contribution in [0.5, 0.6) is 0 Å². The van der Waals surface area contributed by atoms with Gasteiger partial charge in [-0.25, -0.2) is 0 Å². The Balaban J connectivity index is 1.27. The van der Waals surface area contributed by atoms with Crippen LogP contribution in [0.3, 0.4) is 0 Å². The van der Waals surface area contributed by atoms with Crippen LogP contribution in [0.2, 0.25) is 0 Å². The van der Waals surface area contributed by atoms with Crippen molar-refractivity contribution in [3.05, 3.63) is 64.9 Å². The number of fused-ring (bicyclic) bond motifs is 2. The van der Waals surface area contributed by atoms with E-state index in [1.807, 2.05) is 30.4 Å². The predicted molar refractivity (Wildman–Crippen MR) is 116 cm³/mol. The normalized spacial score (nSPS) is 26.4. The summed E-state index contributed by atoms with van der Waals surface area (Å²) < 4.78 is 11.5. The number of nitrogens with zero attached hydrogens (tertiary/aromatic N) is 2. The summed E-state index contributed by atoms with van der Waals surface area (Å²) in [6.07, 6.45) is 7.75. The molecule has 6 rings (SSSR count). The topological polar surface area (TPSA) is 117 Å². The average Bonchev–Trinajstić information content (AvgIpc) is 3.51. The highest BCUT2D eigenvalue weighted by molar-refractivity contribution is 8.13. The minimum Gasteiger partial charge on any atom is -0.497 e. The Morgan fingerprint density at radius 1 is 1.29 bits per heavy atom. The molecule has 0 spiro atoms. The molecule has 2 aromatic rings. The molecule has 5 heterocycles. The second-order valence-electron chi connectivity index (χ2n) is 7.66. The van der Waals surface area contributed by atoms with Gasteiger partial charge in [-0.15, -0.1) is 0 Å². The average molecular weight is 436 g/mol. The van der Waals surface area contributed by atoms with Gasteiger partial charge in [-0.05, 0) is 36.0 Å². The number of carbonyl (C=O) groups is 1. The molecule has 0 fully saturated rings. The molecule has 0 bridgehead atoms. The largest absolute Gasteiger partial charge is 0.497 e. The van der Waals surface area contributed by atoms with Crippen LogP contribution < -0.4 is 16.0 Å². The Labute approximate surface area is 182 Å². The molecule has 2 aromatic heterocycles. The molecule has 1 aliphatic carbocycles. The molecule has 0 amide bonds. The van der Waals surface area contributed by atoms with E-state index >= 15 is 0 Å². The smallest absolute Gasteiger partial charge is 0.175 e. The van der Waals surface area contributed by atoms with Gasteiger partial charge in [0, 0.05) is 23.4 Å². The first-order valence-corrected chi connectivity index (χ1v) is 10.8. The summed E-state index contributed by atoms with van der Waals surface area (Å²) in [5.74, 6) is 2.11. The third kappa shape index (κ3) is 3.10. The van der Waals surface area contributed by atoms with Gasteiger partial charge in [0.2, 0.25) is 0 Å². The number of aromatic nitrogens is 2. The van der Waals surface area contributed by atoms with E-state index in [2.05, 4.69) is 26.1 Å². The summed E-state index contributed by atoms with van der Waals surface area (Å²) in [5, 5.41) is 18.5. The van der Waals surface area contributed by atoms with E-state index in [9.17, 15) is 4.79 Å². The number of anilines is 1. The summed E-state index contributed by atoms with van der Waals surface area (Å²) in [6.45, 7) is 0.923. The highest BCUT2D eigenvalue weighted by atomic mass is 32.2. The molecule has 4 N–H and O–H groups in total. The fourth-order valence-corrected chi connectivity index (χ4v) is 5.20. The van der Waals surface area contributed by atoms with Crippen molar-refractivity contribution in [1.82, 2.24) is 20.8 Å². The maximum Gasteiger partial charge on any atom is 0.175 e. The second kappa shape index (κ2) is 7.17. The summed E-state index contributed by atoms with van der Waals surface area (Å²) >= 11 is 1.44. The van der Waals surface area contributed by atoms with Crippen molar-refractivity contribution in [3.8, 4) is 0 Å². The van der Waals surface area contributed by atoms with Crippen molar-refractivity contribution >= 4 is 28.5 Å². The lowest BCUT2D eigenvalue weighted by molar-refractivity contribution is -0.115. The van der Waals surface area contributed by atoms with Crippen LogP contribution in [-0.2, 0) is 9.53 Å². The number of furan rings is 1. The third-order valence-corrected chi connectivity index (χ3v) is 6.64. The van der Waals surface area contributed by atoms with E-state index in [1.165, 1.54) is 11.8 Å². The van der Waals surface area contributed by atoms with Gasteiger partial charge in [0.15, 0.2) is 16.0 Å². The van der Waals surface area contributed by atoms with Crippen LogP contribution in [0.4, 0.5) is 5.82 Å². The van der Waals surface area contributed by atoms with Crippen molar-refractivity contribution in [2.45, 2.75) is 23.1 Å². The van der Waals surface area contributed by atoms with Crippen LogP contribution >= 0.6 is 11.8 Å². The van der Waals surface area contributed by atoms with Crippen molar-refractivity contribution in [3.63, 3.8) is 0 Å². The number of carbonyl (C=O) groups excluding carboxylic acids is 1. The number of ether oxygens (including phenoxy) is 1. The van der Waals surface area contributed by atoms with E-state index in [0.717, 1.165) is 33.6 Å². The van der Waals surface area contributed by atoms with Crippen molar-refractivity contribution in [2.24, 2.45) is 4.99 Å². The minimum atomic E-state index is -0.287. The molecule has 10 heteroatoms.